The topological polar surface area (TPSA) is 52.6 Å². The Morgan fingerprint density at radius 3 is 2.32 bits per heavy atom. The molecule has 0 spiro atoms. The maximum absolute atomic E-state index is 13.4. The molecule has 1 aromatic heterocycles. The molecule has 4 rings (SSSR count). The molecule has 2 aliphatic heterocycles. The largest absolute Gasteiger partial charge is 0.353 e. The van der Waals surface area contributed by atoms with Crippen LogP contribution in [0.2, 0.25) is 0 Å². The molecule has 1 atom stereocenters. The van der Waals surface area contributed by atoms with Crippen LogP contribution in [0.3, 0.4) is 0 Å². The maximum Gasteiger partial charge on any atom is 0.230 e. The summed E-state index contributed by atoms with van der Waals surface area (Å²) in [5.41, 5.74) is 3.35. The number of likely N-dealkylation sites (N-methyl/N-ethyl adjacent to an activating group) is 1. The van der Waals surface area contributed by atoms with Gasteiger partial charge in [0, 0.05) is 63.1 Å². The van der Waals surface area contributed by atoms with E-state index < -0.39 is 0 Å². The van der Waals surface area contributed by atoms with E-state index in [1.807, 2.05) is 4.90 Å². The van der Waals surface area contributed by atoms with Gasteiger partial charge in [0.2, 0.25) is 5.91 Å². The molecule has 31 heavy (non-hydrogen) atoms. The first-order valence-electron chi connectivity index (χ1n) is 11.5. The van der Waals surface area contributed by atoms with E-state index >= 15 is 0 Å². The molecule has 1 unspecified atom stereocenters. The minimum Gasteiger partial charge on any atom is -0.353 e. The normalized spacial score (nSPS) is 20.9. The molecule has 6 nitrogen and oxygen atoms in total. The number of amides is 1. The number of rotatable bonds is 4. The number of hydrogen-bond donors (Lipinski definition) is 0. The average Bonchev–Trinajstić information content (AvgIpc) is 2.76. The number of benzene rings is 1. The highest BCUT2D eigenvalue weighted by molar-refractivity contribution is 5.96. The summed E-state index contributed by atoms with van der Waals surface area (Å²) < 4.78 is 0. The van der Waals surface area contributed by atoms with Crippen molar-refractivity contribution in [2.24, 2.45) is 5.92 Å². The predicted octanol–water partition coefficient (Wildman–Crippen LogP) is 3.51. The second kappa shape index (κ2) is 8.95. The lowest BCUT2D eigenvalue weighted by atomic mass is 9.87. The Labute approximate surface area is 186 Å². The molecule has 0 aliphatic carbocycles. The summed E-state index contributed by atoms with van der Waals surface area (Å²) >= 11 is 0. The molecule has 2 aromatic rings. The first-order valence-corrected chi connectivity index (χ1v) is 11.5. The van der Waals surface area contributed by atoms with Gasteiger partial charge in [0.25, 0.3) is 0 Å². The monoisotopic (exact) mass is 421 g/mol. The first kappa shape index (κ1) is 21.8. The molecule has 0 radical (unpaired) electrons. The van der Waals surface area contributed by atoms with Crippen molar-refractivity contribution in [3.8, 4) is 0 Å². The van der Waals surface area contributed by atoms with Crippen molar-refractivity contribution in [1.29, 1.82) is 0 Å². The molecule has 0 bridgehead atoms. The summed E-state index contributed by atoms with van der Waals surface area (Å²) in [4.78, 5) is 29.3. The van der Waals surface area contributed by atoms with Crippen molar-refractivity contribution < 1.29 is 4.79 Å². The zero-order chi connectivity index (χ0) is 22.0. The smallest absolute Gasteiger partial charge is 0.230 e. The van der Waals surface area contributed by atoms with Crippen LogP contribution in [0.25, 0.3) is 0 Å². The predicted molar refractivity (Wildman–Crippen MR) is 126 cm³/mol. The molecule has 1 aromatic carbocycles. The fourth-order valence-electron chi connectivity index (χ4n) is 4.56. The lowest BCUT2D eigenvalue weighted by molar-refractivity contribution is -0.123. The van der Waals surface area contributed by atoms with Crippen molar-refractivity contribution in [3.05, 3.63) is 47.9 Å². The van der Waals surface area contributed by atoms with E-state index in [1.54, 1.807) is 12.4 Å². The van der Waals surface area contributed by atoms with E-state index in [0.29, 0.717) is 6.42 Å². The summed E-state index contributed by atoms with van der Waals surface area (Å²) in [5.74, 6) is 1.12. The highest BCUT2D eigenvalue weighted by atomic mass is 16.2. The number of piperazine rings is 1. The van der Waals surface area contributed by atoms with Gasteiger partial charge in [0.15, 0.2) is 0 Å². The third kappa shape index (κ3) is 4.90. The Morgan fingerprint density at radius 1 is 0.968 bits per heavy atom. The molecule has 2 aliphatic rings. The molecule has 2 saturated heterocycles. The van der Waals surface area contributed by atoms with E-state index in [-0.39, 0.29) is 17.2 Å². The van der Waals surface area contributed by atoms with Crippen LogP contribution in [0.1, 0.15) is 44.9 Å². The van der Waals surface area contributed by atoms with Crippen LogP contribution in [0.4, 0.5) is 11.5 Å². The molecule has 2 fully saturated rings. The van der Waals surface area contributed by atoms with Gasteiger partial charge in [-0.3, -0.25) is 9.78 Å². The van der Waals surface area contributed by atoms with Gasteiger partial charge in [-0.25, -0.2) is 4.98 Å². The lowest BCUT2D eigenvalue weighted by Gasteiger charge is -2.35. The summed E-state index contributed by atoms with van der Waals surface area (Å²) in [5, 5.41) is 0. The van der Waals surface area contributed by atoms with Crippen LogP contribution in [0, 0.1) is 5.92 Å². The van der Waals surface area contributed by atoms with Gasteiger partial charge in [0.05, 0.1) is 5.69 Å². The summed E-state index contributed by atoms with van der Waals surface area (Å²) in [6, 6.07) is 8.50. The summed E-state index contributed by atoms with van der Waals surface area (Å²) in [6.45, 7) is 11.4. The second-order valence-electron chi connectivity index (χ2n) is 9.95. The van der Waals surface area contributed by atoms with E-state index in [0.717, 1.165) is 62.8 Å². The highest BCUT2D eigenvalue weighted by Gasteiger charge is 2.32. The average molecular weight is 422 g/mol. The van der Waals surface area contributed by atoms with E-state index in [2.05, 4.69) is 71.9 Å². The van der Waals surface area contributed by atoms with Crippen molar-refractivity contribution in [2.75, 3.05) is 49.6 Å². The SMILES string of the molecule is CN1CCN(c2nccnc2CC2CCCN(c3ccc(C(C)(C)C)cc3)C2=O)CC1. The van der Waals surface area contributed by atoms with Crippen LogP contribution < -0.4 is 9.80 Å². The van der Waals surface area contributed by atoms with Crippen LogP contribution in [-0.2, 0) is 16.6 Å². The number of aromatic nitrogens is 2. The third-order valence-electron chi connectivity index (χ3n) is 6.59. The Hall–Kier alpha value is -2.47. The lowest BCUT2D eigenvalue weighted by Crippen LogP contribution is -2.45. The summed E-state index contributed by atoms with van der Waals surface area (Å²) in [7, 11) is 2.15. The quantitative estimate of drug-likeness (QED) is 0.756. The van der Waals surface area contributed by atoms with E-state index in [1.165, 1.54) is 5.56 Å². The molecular formula is C25H35N5O. The van der Waals surface area contributed by atoms with Crippen molar-refractivity contribution in [1.82, 2.24) is 14.9 Å². The van der Waals surface area contributed by atoms with Crippen LogP contribution in [0.15, 0.2) is 36.7 Å². The number of nitrogens with zero attached hydrogens (tertiary/aromatic N) is 5. The van der Waals surface area contributed by atoms with Gasteiger partial charge >= 0.3 is 0 Å². The van der Waals surface area contributed by atoms with Gasteiger partial charge in [0.1, 0.15) is 5.82 Å². The number of anilines is 2. The van der Waals surface area contributed by atoms with Crippen LogP contribution >= 0.6 is 0 Å². The molecule has 3 heterocycles. The molecular weight excluding hydrogens is 386 g/mol. The fraction of sp³-hybridized carbons (Fsp3) is 0.560. The Balaban J connectivity index is 1.49. The number of hydrogen-bond acceptors (Lipinski definition) is 5. The van der Waals surface area contributed by atoms with Gasteiger partial charge in [-0.2, -0.15) is 0 Å². The van der Waals surface area contributed by atoms with Crippen molar-refractivity contribution in [2.45, 2.75) is 45.4 Å². The van der Waals surface area contributed by atoms with Crippen LogP contribution in [0.5, 0.6) is 0 Å². The minimum absolute atomic E-state index is 0.0426. The maximum atomic E-state index is 13.4. The molecule has 0 N–H and O–H groups in total. The highest BCUT2D eigenvalue weighted by Crippen LogP contribution is 2.30. The Morgan fingerprint density at radius 2 is 1.65 bits per heavy atom. The van der Waals surface area contributed by atoms with Gasteiger partial charge in [-0.05, 0) is 43.0 Å². The second-order valence-corrected chi connectivity index (χ2v) is 9.95. The summed E-state index contributed by atoms with van der Waals surface area (Å²) in [6.07, 6.45) is 6.11. The van der Waals surface area contributed by atoms with Gasteiger partial charge in [-0.1, -0.05) is 32.9 Å². The fourth-order valence-corrected chi connectivity index (χ4v) is 4.56. The molecule has 0 saturated carbocycles. The number of piperidine rings is 1. The third-order valence-corrected chi connectivity index (χ3v) is 6.59. The van der Waals surface area contributed by atoms with E-state index in [4.69, 9.17) is 0 Å². The zero-order valence-corrected chi connectivity index (χ0v) is 19.3. The molecule has 1 amide bonds. The number of carbonyl (C=O) groups excluding carboxylic acids is 1. The van der Waals surface area contributed by atoms with Crippen molar-refractivity contribution >= 4 is 17.4 Å². The van der Waals surface area contributed by atoms with Crippen molar-refractivity contribution in [3.63, 3.8) is 0 Å². The standard InChI is InChI=1S/C25H35N5O/c1-25(2,3)20-7-9-21(10-8-20)30-13-5-6-19(24(30)31)18-22-23(27-12-11-26-22)29-16-14-28(4)15-17-29/h7-12,19H,5-6,13-18H2,1-4H3. The van der Waals surface area contributed by atoms with Gasteiger partial charge < -0.3 is 14.7 Å². The molecule has 166 valence electrons. The van der Waals surface area contributed by atoms with Gasteiger partial charge in [-0.15, -0.1) is 0 Å². The van der Waals surface area contributed by atoms with E-state index in [9.17, 15) is 4.79 Å². The Bertz CT molecular complexity index is 897. The number of carbonyl (C=O) groups is 1. The molecule has 6 heteroatoms. The zero-order valence-electron chi connectivity index (χ0n) is 19.3. The van der Waals surface area contributed by atoms with Crippen LogP contribution in [-0.4, -0.2) is 60.5 Å². The Kier molecular flexibility index (Phi) is 6.28. The first-order chi connectivity index (χ1) is 14.8. The minimum atomic E-state index is -0.0426.